The Morgan fingerprint density at radius 3 is 2.58 bits per heavy atom. The van der Waals surface area contributed by atoms with E-state index in [9.17, 15) is 9.59 Å². The summed E-state index contributed by atoms with van der Waals surface area (Å²) in [6.45, 7) is 3.19. The van der Waals surface area contributed by atoms with Gasteiger partial charge in [0, 0.05) is 48.0 Å². The van der Waals surface area contributed by atoms with Gasteiger partial charge in [0.1, 0.15) is 6.04 Å². The van der Waals surface area contributed by atoms with E-state index in [0.29, 0.717) is 16.4 Å². The second kappa shape index (κ2) is 9.41. The fourth-order valence-corrected chi connectivity index (χ4v) is 5.86. The molecule has 1 saturated heterocycles. The Labute approximate surface area is 236 Å². The number of fused-ring (bicyclic) bond motifs is 2. The van der Waals surface area contributed by atoms with Crippen molar-refractivity contribution in [2.45, 2.75) is 37.6 Å². The molecule has 0 spiro atoms. The predicted octanol–water partition coefficient (Wildman–Crippen LogP) is 5.03. The molecule has 200 valence electrons. The molecule has 9 heteroatoms. The Kier molecular flexibility index (Phi) is 5.82. The van der Waals surface area contributed by atoms with Crippen molar-refractivity contribution < 1.29 is 9.59 Å². The number of pyridine rings is 1. The van der Waals surface area contributed by atoms with E-state index >= 15 is 0 Å². The first-order valence-corrected chi connectivity index (χ1v) is 13.9. The number of imidazole rings is 1. The highest BCUT2D eigenvalue weighted by Crippen LogP contribution is 2.53. The SMILES string of the molecule is CC(NC(=O)c1ccc(-c2cnc3ncc(C4(c5ccc6ncccc6c5)CC4)n3c2)cc1Cl)C(=O)N1CCC1. The lowest BCUT2D eigenvalue weighted by Gasteiger charge is -2.33. The van der Waals surface area contributed by atoms with Gasteiger partial charge in [0.25, 0.3) is 5.91 Å². The van der Waals surface area contributed by atoms with Crippen molar-refractivity contribution in [1.82, 2.24) is 29.6 Å². The van der Waals surface area contributed by atoms with Gasteiger partial charge in [-0.3, -0.25) is 19.0 Å². The van der Waals surface area contributed by atoms with Crippen molar-refractivity contribution >= 4 is 40.1 Å². The molecule has 1 unspecified atom stereocenters. The molecule has 40 heavy (non-hydrogen) atoms. The molecule has 7 rings (SSSR count). The molecule has 0 bridgehead atoms. The average molecular weight is 551 g/mol. The third-order valence-corrected chi connectivity index (χ3v) is 8.51. The zero-order valence-electron chi connectivity index (χ0n) is 22.0. The molecule has 2 fully saturated rings. The summed E-state index contributed by atoms with van der Waals surface area (Å²) in [5.74, 6) is 0.191. The van der Waals surface area contributed by atoms with Gasteiger partial charge in [0.2, 0.25) is 11.7 Å². The largest absolute Gasteiger partial charge is 0.341 e. The molecule has 1 saturated carbocycles. The fraction of sp³-hybridized carbons (Fsp3) is 0.258. The van der Waals surface area contributed by atoms with Crippen LogP contribution in [0.4, 0.5) is 0 Å². The second-order valence-corrected chi connectivity index (χ2v) is 11.1. The van der Waals surface area contributed by atoms with Gasteiger partial charge in [-0.25, -0.2) is 9.97 Å². The van der Waals surface area contributed by atoms with Crippen LogP contribution in [-0.4, -0.2) is 55.2 Å². The minimum atomic E-state index is -0.608. The number of benzene rings is 2. The lowest BCUT2D eigenvalue weighted by molar-refractivity contribution is -0.136. The molecule has 8 nitrogen and oxygen atoms in total. The molecule has 1 N–H and O–H groups in total. The normalized spacial score (nSPS) is 16.5. The van der Waals surface area contributed by atoms with Crippen LogP contribution in [0.5, 0.6) is 0 Å². The minimum Gasteiger partial charge on any atom is -0.341 e. The minimum absolute atomic E-state index is 0.0725. The van der Waals surface area contributed by atoms with Crippen LogP contribution in [0.2, 0.25) is 5.02 Å². The first-order chi connectivity index (χ1) is 19.4. The first-order valence-electron chi connectivity index (χ1n) is 13.5. The maximum atomic E-state index is 12.9. The maximum Gasteiger partial charge on any atom is 0.253 e. The van der Waals surface area contributed by atoms with Crippen LogP contribution < -0.4 is 5.32 Å². The van der Waals surface area contributed by atoms with E-state index in [4.69, 9.17) is 11.6 Å². The predicted molar refractivity (Wildman–Crippen MR) is 153 cm³/mol. The summed E-state index contributed by atoms with van der Waals surface area (Å²) >= 11 is 6.58. The second-order valence-electron chi connectivity index (χ2n) is 10.7. The highest BCUT2D eigenvalue weighted by atomic mass is 35.5. The summed E-state index contributed by atoms with van der Waals surface area (Å²) in [6.07, 6.45) is 10.6. The van der Waals surface area contributed by atoms with E-state index in [-0.39, 0.29) is 17.2 Å². The summed E-state index contributed by atoms with van der Waals surface area (Å²) in [7, 11) is 0. The standard InChI is InChI=1S/C31H27ClN6O2/c1-19(29(40)37-12-3-13-37)36-28(39)24-7-5-20(15-25(24)32)22-16-34-30-35-17-27(38(30)18-22)31(9-10-31)23-6-8-26-21(14-23)4-2-11-33-26/h2,4-8,11,14-19H,3,9-10,12-13H2,1H3,(H,36,39). The molecule has 2 aromatic carbocycles. The van der Waals surface area contributed by atoms with E-state index in [2.05, 4.69) is 48.9 Å². The Hall–Kier alpha value is -4.30. The van der Waals surface area contributed by atoms with Crippen molar-refractivity contribution in [3.8, 4) is 11.1 Å². The van der Waals surface area contributed by atoms with Crippen molar-refractivity contribution in [1.29, 1.82) is 0 Å². The van der Waals surface area contributed by atoms with Crippen LogP contribution in [-0.2, 0) is 10.2 Å². The van der Waals surface area contributed by atoms with Gasteiger partial charge in [0.05, 0.1) is 28.0 Å². The smallest absolute Gasteiger partial charge is 0.253 e. The van der Waals surface area contributed by atoms with E-state index in [1.54, 1.807) is 30.2 Å². The summed E-state index contributed by atoms with van der Waals surface area (Å²) < 4.78 is 2.06. The van der Waals surface area contributed by atoms with Crippen LogP contribution in [0.15, 0.2) is 73.3 Å². The molecule has 1 aliphatic carbocycles. The lowest BCUT2D eigenvalue weighted by atomic mass is 9.91. The van der Waals surface area contributed by atoms with Crippen molar-refractivity contribution in [2.75, 3.05) is 13.1 Å². The number of likely N-dealkylation sites (tertiary alicyclic amines) is 1. The third kappa shape index (κ3) is 4.10. The Morgan fingerprint density at radius 1 is 1.00 bits per heavy atom. The summed E-state index contributed by atoms with van der Waals surface area (Å²) in [6, 6.07) is 15.2. The fourth-order valence-electron chi connectivity index (χ4n) is 5.59. The van der Waals surface area contributed by atoms with Crippen LogP contribution in [0.1, 0.15) is 47.8 Å². The van der Waals surface area contributed by atoms with E-state index in [0.717, 1.165) is 60.1 Å². The molecular formula is C31H27ClN6O2. The van der Waals surface area contributed by atoms with Crippen LogP contribution >= 0.6 is 11.6 Å². The maximum absolute atomic E-state index is 12.9. The lowest BCUT2D eigenvalue weighted by Crippen LogP contribution is -2.51. The summed E-state index contributed by atoms with van der Waals surface area (Å²) in [5.41, 5.74) is 5.24. The van der Waals surface area contributed by atoms with Gasteiger partial charge >= 0.3 is 0 Å². The van der Waals surface area contributed by atoms with E-state index < -0.39 is 6.04 Å². The molecule has 2 aliphatic rings. The molecule has 2 amide bonds. The Balaban J connectivity index is 1.17. The molecule has 4 heterocycles. The van der Waals surface area contributed by atoms with Gasteiger partial charge in [0.15, 0.2) is 0 Å². The average Bonchev–Trinajstić information content (AvgIpc) is 3.63. The molecule has 1 aliphatic heterocycles. The van der Waals surface area contributed by atoms with Crippen LogP contribution in [0.25, 0.3) is 27.8 Å². The van der Waals surface area contributed by atoms with Crippen molar-refractivity contribution in [3.05, 3.63) is 95.2 Å². The Morgan fingerprint density at radius 2 is 1.82 bits per heavy atom. The van der Waals surface area contributed by atoms with Crippen LogP contribution in [0.3, 0.4) is 0 Å². The Bertz CT molecular complexity index is 1810. The number of hydrogen-bond acceptors (Lipinski definition) is 5. The van der Waals surface area contributed by atoms with E-state index in [1.165, 1.54) is 5.56 Å². The monoisotopic (exact) mass is 550 g/mol. The molecule has 1 atom stereocenters. The molecule has 5 aromatic rings. The number of rotatable bonds is 6. The number of nitrogens with zero attached hydrogens (tertiary/aromatic N) is 5. The van der Waals surface area contributed by atoms with Gasteiger partial charge < -0.3 is 10.2 Å². The zero-order chi connectivity index (χ0) is 27.4. The van der Waals surface area contributed by atoms with Crippen molar-refractivity contribution in [2.24, 2.45) is 0 Å². The highest BCUT2D eigenvalue weighted by Gasteiger charge is 2.48. The summed E-state index contributed by atoms with van der Waals surface area (Å²) in [5, 5.41) is 4.22. The van der Waals surface area contributed by atoms with Gasteiger partial charge in [-0.15, -0.1) is 0 Å². The molecule has 0 radical (unpaired) electrons. The summed E-state index contributed by atoms with van der Waals surface area (Å²) in [4.78, 5) is 40.7. The number of halogens is 1. The third-order valence-electron chi connectivity index (χ3n) is 8.19. The number of carbonyl (C=O) groups excluding carboxylic acids is 2. The molecular weight excluding hydrogens is 524 g/mol. The zero-order valence-corrected chi connectivity index (χ0v) is 22.7. The number of nitrogens with one attached hydrogen (secondary N) is 1. The first kappa shape index (κ1) is 24.7. The van der Waals surface area contributed by atoms with Gasteiger partial charge in [-0.05, 0) is 67.6 Å². The number of aromatic nitrogens is 4. The number of amides is 2. The topological polar surface area (TPSA) is 92.5 Å². The quantitative estimate of drug-likeness (QED) is 0.320. The van der Waals surface area contributed by atoms with E-state index in [1.807, 2.05) is 30.7 Å². The van der Waals surface area contributed by atoms with Crippen LogP contribution in [0, 0.1) is 0 Å². The molecule has 3 aromatic heterocycles. The number of carbonyl (C=O) groups is 2. The number of hydrogen-bond donors (Lipinski definition) is 1. The van der Waals surface area contributed by atoms with Gasteiger partial charge in [-0.2, -0.15) is 0 Å². The van der Waals surface area contributed by atoms with Gasteiger partial charge in [-0.1, -0.05) is 29.8 Å². The van der Waals surface area contributed by atoms with Crippen molar-refractivity contribution in [3.63, 3.8) is 0 Å². The highest BCUT2D eigenvalue weighted by molar-refractivity contribution is 6.34.